The largest absolute Gasteiger partial charge is 0.508 e. The Balaban J connectivity index is 2.03. The third-order valence-corrected chi connectivity index (χ3v) is 2.55. The highest BCUT2D eigenvalue weighted by atomic mass is 16.7. The zero-order valence-corrected chi connectivity index (χ0v) is 8.67. The minimum atomic E-state index is -0.865. The highest BCUT2D eigenvalue weighted by Gasteiger charge is 2.32. The zero-order chi connectivity index (χ0) is 11.5. The molecule has 1 saturated heterocycles. The maximum absolute atomic E-state index is 10.9. The van der Waals surface area contributed by atoms with Gasteiger partial charge in [0.25, 0.3) is 0 Å². The molecule has 0 amide bonds. The summed E-state index contributed by atoms with van der Waals surface area (Å²) in [6.45, 7) is 0.609. The van der Waals surface area contributed by atoms with Crippen molar-refractivity contribution in [2.75, 3.05) is 6.54 Å². The van der Waals surface area contributed by atoms with Crippen molar-refractivity contribution in [2.45, 2.75) is 18.9 Å². The maximum atomic E-state index is 10.9. The van der Waals surface area contributed by atoms with Crippen molar-refractivity contribution in [3.63, 3.8) is 0 Å². The van der Waals surface area contributed by atoms with E-state index in [0.29, 0.717) is 18.7 Å². The molecule has 16 heavy (non-hydrogen) atoms. The Labute approximate surface area is 92.8 Å². The number of carboxylic acids is 1. The van der Waals surface area contributed by atoms with Gasteiger partial charge in [0.05, 0.1) is 0 Å². The van der Waals surface area contributed by atoms with E-state index in [1.807, 2.05) is 0 Å². The molecule has 1 aliphatic heterocycles. The van der Waals surface area contributed by atoms with Gasteiger partial charge in [-0.1, -0.05) is 0 Å². The quantitative estimate of drug-likeness (QED) is 0.806. The van der Waals surface area contributed by atoms with Crippen LogP contribution < -0.4 is 4.84 Å². The molecule has 5 nitrogen and oxygen atoms in total. The third-order valence-electron chi connectivity index (χ3n) is 2.55. The van der Waals surface area contributed by atoms with E-state index in [9.17, 15) is 4.79 Å². The average molecular weight is 223 g/mol. The molecular weight excluding hydrogens is 210 g/mol. The lowest BCUT2D eigenvalue weighted by Gasteiger charge is -2.21. The summed E-state index contributed by atoms with van der Waals surface area (Å²) in [7, 11) is 0. The van der Waals surface area contributed by atoms with Gasteiger partial charge < -0.3 is 15.1 Å². The van der Waals surface area contributed by atoms with Crippen LogP contribution in [0.2, 0.25) is 0 Å². The normalized spacial score (nSPS) is 20.9. The molecule has 86 valence electrons. The van der Waals surface area contributed by atoms with Crippen LogP contribution in [0.5, 0.6) is 11.5 Å². The molecule has 2 N–H and O–H groups in total. The molecule has 1 fully saturated rings. The lowest BCUT2D eigenvalue weighted by atomic mass is 10.2. The molecule has 1 atom stereocenters. The zero-order valence-electron chi connectivity index (χ0n) is 8.67. The van der Waals surface area contributed by atoms with Gasteiger partial charge in [-0.3, -0.25) is 4.79 Å². The van der Waals surface area contributed by atoms with Crippen LogP contribution in [-0.2, 0) is 4.79 Å². The highest BCUT2D eigenvalue weighted by molar-refractivity contribution is 5.73. The Morgan fingerprint density at radius 3 is 2.69 bits per heavy atom. The molecule has 1 heterocycles. The van der Waals surface area contributed by atoms with Crippen molar-refractivity contribution in [1.29, 1.82) is 0 Å². The topological polar surface area (TPSA) is 70.0 Å². The molecule has 0 aromatic heterocycles. The number of hydrogen-bond donors (Lipinski definition) is 2. The van der Waals surface area contributed by atoms with Crippen molar-refractivity contribution in [3.8, 4) is 11.5 Å². The molecule has 5 heteroatoms. The van der Waals surface area contributed by atoms with Gasteiger partial charge in [-0.15, -0.1) is 5.06 Å². The Bertz CT molecular complexity index is 376. The van der Waals surface area contributed by atoms with Crippen LogP contribution in [0.25, 0.3) is 0 Å². The fourth-order valence-corrected chi connectivity index (χ4v) is 1.74. The number of hydroxylamine groups is 2. The summed E-state index contributed by atoms with van der Waals surface area (Å²) >= 11 is 0. The predicted molar refractivity (Wildman–Crippen MR) is 56.1 cm³/mol. The Morgan fingerprint density at radius 2 is 2.06 bits per heavy atom. The Hall–Kier alpha value is -1.75. The smallest absolute Gasteiger partial charge is 0.324 e. The van der Waals surface area contributed by atoms with E-state index in [0.717, 1.165) is 6.42 Å². The molecule has 2 rings (SSSR count). The summed E-state index contributed by atoms with van der Waals surface area (Å²) in [6, 6.07) is 5.63. The van der Waals surface area contributed by atoms with Crippen LogP contribution in [0.1, 0.15) is 12.8 Å². The lowest BCUT2D eigenvalue weighted by Crippen LogP contribution is -2.38. The number of benzene rings is 1. The molecule has 0 saturated carbocycles. The summed E-state index contributed by atoms with van der Waals surface area (Å²) in [5, 5.41) is 19.5. The van der Waals surface area contributed by atoms with E-state index < -0.39 is 12.0 Å². The van der Waals surface area contributed by atoms with Gasteiger partial charge in [0, 0.05) is 6.54 Å². The van der Waals surface area contributed by atoms with Crippen molar-refractivity contribution in [2.24, 2.45) is 0 Å². The molecule has 0 aliphatic carbocycles. The number of carbonyl (C=O) groups is 1. The van der Waals surface area contributed by atoms with Crippen LogP contribution in [0, 0.1) is 0 Å². The van der Waals surface area contributed by atoms with Crippen molar-refractivity contribution in [1.82, 2.24) is 5.06 Å². The summed E-state index contributed by atoms with van der Waals surface area (Å²) in [5.41, 5.74) is 0. The SMILES string of the molecule is O=C(O)[C@@H]1CCCN1Oc1ccc(O)cc1. The number of hydrogen-bond acceptors (Lipinski definition) is 4. The molecule has 1 aromatic rings. The van der Waals surface area contributed by atoms with Crippen LogP contribution in [0.3, 0.4) is 0 Å². The first-order chi connectivity index (χ1) is 7.66. The summed E-state index contributed by atoms with van der Waals surface area (Å²) < 4.78 is 0. The van der Waals surface area contributed by atoms with Gasteiger partial charge in [-0.2, -0.15) is 0 Å². The van der Waals surface area contributed by atoms with Gasteiger partial charge in [0.2, 0.25) is 0 Å². The van der Waals surface area contributed by atoms with Crippen LogP contribution in [0.15, 0.2) is 24.3 Å². The van der Waals surface area contributed by atoms with Gasteiger partial charge in [0.15, 0.2) is 0 Å². The van der Waals surface area contributed by atoms with Crippen LogP contribution in [-0.4, -0.2) is 33.8 Å². The molecule has 0 radical (unpaired) electrons. The number of aromatic hydroxyl groups is 1. The second-order valence-corrected chi connectivity index (χ2v) is 3.72. The molecule has 1 aliphatic rings. The van der Waals surface area contributed by atoms with Gasteiger partial charge in [-0.05, 0) is 37.1 Å². The number of carboxylic acid groups (broad SMARTS) is 1. The highest BCUT2D eigenvalue weighted by Crippen LogP contribution is 2.22. The number of nitrogens with zero attached hydrogens (tertiary/aromatic N) is 1. The summed E-state index contributed by atoms with van der Waals surface area (Å²) in [5.74, 6) is -0.175. The minimum absolute atomic E-state index is 0.156. The lowest BCUT2D eigenvalue weighted by molar-refractivity contribution is -0.154. The van der Waals surface area contributed by atoms with E-state index >= 15 is 0 Å². The molecule has 0 unspecified atom stereocenters. The van der Waals surface area contributed by atoms with Crippen LogP contribution in [0.4, 0.5) is 0 Å². The fraction of sp³-hybridized carbons (Fsp3) is 0.364. The van der Waals surface area contributed by atoms with Crippen molar-refractivity contribution in [3.05, 3.63) is 24.3 Å². The van der Waals surface area contributed by atoms with Crippen molar-refractivity contribution >= 4 is 5.97 Å². The Kier molecular flexibility index (Phi) is 2.96. The van der Waals surface area contributed by atoms with E-state index in [1.165, 1.54) is 17.2 Å². The van der Waals surface area contributed by atoms with E-state index in [4.69, 9.17) is 15.1 Å². The van der Waals surface area contributed by atoms with E-state index in [2.05, 4.69) is 0 Å². The van der Waals surface area contributed by atoms with Crippen molar-refractivity contribution < 1.29 is 19.8 Å². The number of phenols is 1. The van der Waals surface area contributed by atoms with Gasteiger partial charge >= 0.3 is 5.97 Å². The monoisotopic (exact) mass is 223 g/mol. The van der Waals surface area contributed by atoms with Gasteiger partial charge in [0.1, 0.15) is 17.5 Å². The van der Waals surface area contributed by atoms with E-state index in [-0.39, 0.29) is 5.75 Å². The first-order valence-electron chi connectivity index (χ1n) is 5.13. The number of rotatable bonds is 3. The Morgan fingerprint density at radius 1 is 1.38 bits per heavy atom. The molecule has 0 spiro atoms. The van der Waals surface area contributed by atoms with Gasteiger partial charge in [-0.25, -0.2) is 0 Å². The second-order valence-electron chi connectivity index (χ2n) is 3.72. The second kappa shape index (κ2) is 4.40. The van der Waals surface area contributed by atoms with Crippen LogP contribution >= 0.6 is 0 Å². The first kappa shape index (κ1) is 10.8. The molecule has 1 aromatic carbocycles. The predicted octanol–water partition coefficient (Wildman–Crippen LogP) is 1.23. The molecular formula is C11H13NO4. The number of phenolic OH excluding ortho intramolecular Hbond substituents is 1. The standard InChI is InChI=1S/C11H13NO4/c13-8-3-5-9(6-4-8)16-12-7-1-2-10(12)11(14)15/h3-6,10,13H,1-2,7H2,(H,14,15)/t10-/m0/s1. The summed E-state index contributed by atoms with van der Waals surface area (Å²) in [4.78, 5) is 16.3. The minimum Gasteiger partial charge on any atom is -0.508 e. The average Bonchev–Trinajstić information content (AvgIpc) is 2.69. The van der Waals surface area contributed by atoms with E-state index in [1.54, 1.807) is 12.1 Å². The summed E-state index contributed by atoms with van der Waals surface area (Å²) in [6.07, 6.45) is 1.42. The third kappa shape index (κ3) is 2.25. The number of aliphatic carboxylic acids is 1. The molecule has 0 bridgehead atoms. The fourth-order valence-electron chi connectivity index (χ4n) is 1.74. The maximum Gasteiger partial charge on any atom is 0.324 e. The first-order valence-corrected chi connectivity index (χ1v) is 5.13.